The number of nitrogens with one attached hydrogen (secondary N) is 2. The van der Waals surface area contributed by atoms with Crippen LogP contribution >= 0.6 is 0 Å². The number of rotatable bonds is 4. The molecule has 0 unspecified atom stereocenters. The predicted octanol–water partition coefficient (Wildman–Crippen LogP) is 0.738. The third kappa shape index (κ3) is 4.55. The maximum Gasteiger partial charge on any atom is 0.262 e. The summed E-state index contributed by atoms with van der Waals surface area (Å²) in [5.41, 5.74) is 0. The molecule has 2 N–H and O–H groups in total. The van der Waals surface area contributed by atoms with E-state index >= 15 is 0 Å². The van der Waals surface area contributed by atoms with E-state index in [1.54, 1.807) is 0 Å². The van der Waals surface area contributed by atoms with E-state index in [1.165, 1.54) is 6.33 Å². The molecule has 0 saturated carbocycles. The lowest BCUT2D eigenvalue weighted by Crippen LogP contribution is -2.30. The Labute approximate surface area is 110 Å². The number of hydrogen-bond acceptors (Lipinski definition) is 6. The molecule has 0 aromatic carbocycles. The lowest BCUT2D eigenvalue weighted by molar-refractivity contribution is 0.0366. The van der Waals surface area contributed by atoms with Crippen molar-refractivity contribution >= 4 is 11.9 Å². The Morgan fingerprint density at radius 1 is 1.37 bits per heavy atom. The van der Waals surface area contributed by atoms with Crippen molar-refractivity contribution in [3.63, 3.8) is 0 Å². The van der Waals surface area contributed by atoms with Crippen molar-refractivity contribution in [3.8, 4) is 0 Å². The highest BCUT2D eigenvalue weighted by molar-refractivity contribution is 5.36. The number of aromatic nitrogens is 3. The van der Waals surface area contributed by atoms with Gasteiger partial charge in [0.2, 0.25) is 11.9 Å². The number of hydrogen-bond donors (Lipinski definition) is 2. The Bertz CT molecular complexity index is 400. The van der Waals surface area contributed by atoms with Gasteiger partial charge in [0.15, 0.2) is 0 Å². The standard InChI is InChI=1S/C11H18F2N6/c1-11(12,13)7-15-9-16-8-17-10(18-9)19-5-2-3-14-4-6-19/h8,14H,2-7H2,1H3,(H,15,16,17,18). The molecule has 0 amide bonds. The fourth-order valence-electron chi connectivity index (χ4n) is 1.81. The smallest absolute Gasteiger partial charge is 0.262 e. The zero-order chi connectivity index (χ0) is 13.7. The zero-order valence-corrected chi connectivity index (χ0v) is 10.9. The van der Waals surface area contributed by atoms with Crippen molar-refractivity contribution in [3.05, 3.63) is 6.33 Å². The van der Waals surface area contributed by atoms with Gasteiger partial charge in [-0.2, -0.15) is 4.98 Å². The molecule has 1 aliphatic heterocycles. The highest BCUT2D eigenvalue weighted by Crippen LogP contribution is 2.13. The summed E-state index contributed by atoms with van der Waals surface area (Å²) in [4.78, 5) is 14.1. The fourth-order valence-corrected chi connectivity index (χ4v) is 1.81. The van der Waals surface area contributed by atoms with Crippen LogP contribution in [0.4, 0.5) is 20.7 Å². The van der Waals surface area contributed by atoms with Gasteiger partial charge in [0.05, 0.1) is 6.54 Å². The normalized spacial score (nSPS) is 17.1. The van der Waals surface area contributed by atoms with Crippen molar-refractivity contribution in [1.29, 1.82) is 0 Å². The van der Waals surface area contributed by atoms with E-state index in [9.17, 15) is 8.78 Å². The fraction of sp³-hybridized carbons (Fsp3) is 0.727. The van der Waals surface area contributed by atoms with Crippen LogP contribution < -0.4 is 15.5 Å². The molecule has 0 atom stereocenters. The molecule has 1 aromatic rings. The third-order valence-corrected chi connectivity index (χ3v) is 2.74. The molecular weight excluding hydrogens is 254 g/mol. The molecule has 19 heavy (non-hydrogen) atoms. The van der Waals surface area contributed by atoms with E-state index in [4.69, 9.17) is 0 Å². The lowest BCUT2D eigenvalue weighted by atomic mass is 10.4. The van der Waals surface area contributed by atoms with Crippen LogP contribution in [0.25, 0.3) is 0 Å². The molecule has 2 rings (SSSR count). The summed E-state index contributed by atoms with van der Waals surface area (Å²) >= 11 is 0. The first kappa shape index (κ1) is 13.9. The van der Waals surface area contributed by atoms with E-state index in [1.807, 2.05) is 4.90 Å². The maximum atomic E-state index is 12.8. The Kier molecular flexibility index (Phi) is 4.41. The molecule has 8 heteroatoms. The van der Waals surface area contributed by atoms with Gasteiger partial charge in [0.1, 0.15) is 6.33 Å². The molecular formula is C11H18F2N6. The summed E-state index contributed by atoms with van der Waals surface area (Å²) in [7, 11) is 0. The molecule has 1 aromatic heterocycles. The van der Waals surface area contributed by atoms with Gasteiger partial charge in [-0.05, 0) is 13.0 Å². The summed E-state index contributed by atoms with van der Waals surface area (Å²) in [5.74, 6) is -2.08. The lowest BCUT2D eigenvalue weighted by Gasteiger charge is -2.20. The van der Waals surface area contributed by atoms with E-state index < -0.39 is 12.5 Å². The second-order valence-electron chi connectivity index (χ2n) is 4.62. The number of anilines is 2. The van der Waals surface area contributed by atoms with Gasteiger partial charge in [-0.3, -0.25) is 0 Å². The van der Waals surface area contributed by atoms with Gasteiger partial charge < -0.3 is 15.5 Å². The number of halogens is 2. The highest BCUT2D eigenvalue weighted by atomic mass is 19.3. The van der Waals surface area contributed by atoms with Gasteiger partial charge in [-0.25, -0.2) is 18.7 Å². The van der Waals surface area contributed by atoms with Crippen LogP contribution in [0.1, 0.15) is 13.3 Å². The molecule has 0 spiro atoms. The van der Waals surface area contributed by atoms with Crippen LogP contribution in [0.2, 0.25) is 0 Å². The summed E-state index contributed by atoms with van der Waals surface area (Å²) in [6, 6.07) is 0. The predicted molar refractivity (Wildman–Crippen MR) is 68.6 cm³/mol. The van der Waals surface area contributed by atoms with Crippen LogP contribution in [-0.2, 0) is 0 Å². The van der Waals surface area contributed by atoms with Crippen molar-refractivity contribution < 1.29 is 8.78 Å². The topological polar surface area (TPSA) is 66.0 Å². The average molecular weight is 272 g/mol. The second kappa shape index (κ2) is 6.05. The summed E-state index contributed by atoms with van der Waals surface area (Å²) in [6.07, 6.45) is 2.35. The summed E-state index contributed by atoms with van der Waals surface area (Å²) in [5, 5.41) is 5.80. The van der Waals surface area contributed by atoms with Crippen molar-refractivity contribution in [1.82, 2.24) is 20.3 Å². The minimum absolute atomic E-state index is 0.184. The largest absolute Gasteiger partial charge is 0.348 e. The Hall–Kier alpha value is -1.57. The van der Waals surface area contributed by atoms with E-state index in [0.29, 0.717) is 5.95 Å². The Morgan fingerprint density at radius 2 is 2.21 bits per heavy atom. The van der Waals surface area contributed by atoms with Gasteiger partial charge in [-0.15, -0.1) is 0 Å². The van der Waals surface area contributed by atoms with Crippen LogP contribution in [0.3, 0.4) is 0 Å². The van der Waals surface area contributed by atoms with Gasteiger partial charge in [-0.1, -0.05) is 0 Å². The van der Waals surface area contributed by atoms with Crippen LogP contribution in [0.5, 0.6) is 0 Å². The Balaban J connectivity index is 2.01. The number of alkyl halides is 2. The third-order valence-electron chi connectivity index (χ3n) is 2.74. The molecule has 106 valence electrons. The minimum atomic E-state index is -2.79. The van der Waals surface area contributed by atoms with E-state index in [0.717, 1.165) is 39.5 Å². The molecule has 0 bridgehead atoms. The molecule has 0 aliphatic carbocycles. The molecule has 1 aliphatic rings. The zero-order valence-electron chi connectivity index (χ0n) is 10.9. The monoisotopic (exact) mass is 272 g/mol. The van der Waals surface area contributed by atoms with Gasteiger partial charge in [0, 0.05) is 26.6 Å². The summed E-state index contributed by atoms with van der Waals surface area (Å²) < 4.78 is 25.5. The van der Waals surface area contributed by atoms with Crippen molar-refractivity contribution in [2.24, 2.45) is 0 Å². The quantitative estimate of drug-likeness (QED) is 0.842. The highest BCUT2D eigenvalue weighted by Gasteiger charge is 2.21. The number of nitrogens with zero attached hydrogens (tertiary/aromatic N) is 4. The first-order valence-corrected chi connectivity index (χ1v) is 6.31. The van der Waals surface area contributed by atoms with Crippen molar-refractivity contribution in [2.45, 2.75) is 19.3 Å². The first-order chi connectivity index (χ1) is 9.04. The molecule has 1 saturated heterocycles. The minimum Gasteiger partial charge on any atom is -0.348 e. The summed E-state index contributed by atoms with van der Waals surface area (Å²) in [6.45, 7) is 3.84. The van der Waals surface area contributed by atoms with Crippen molar-refractivity contribution in [2.75, 3.05) is 42.9 Å². The van der Waals surface area contributed by atoms with E-state index in [-0.39, 0.29) is 5.95 Å². The van der Waals surface area contributed by atoms with Gasteiger partial charge >= 0.3 is 0 Å². The SMILES string of the molecule is CC(F)(F)CNc1ncnc(N2CCCNCC2)n1. The molecule has 0 radical (unpaired) electrons. The van der Waals surface area contributed by atoms with E-state index in [2.05, 4.69) is 25.6 Å². The first-order valence-electron chi connectivity index (χ1n) is 6.31. The second-order valence-corrected chi connectivity index (χ2v) is 4.62. The van der Waals surface area contributed by atoms with Crippen LogP contribution in [-0.4, -0.2) is 53.6 Å². The van der Waals surface area contributed by atoms with Gasteiger partial charge in [0.25, 0.3) is 5.92 Å². The molecule has 1 fully saturated rings. The van der Waals surface area contributed by atoms with Crippen LogP contribution in [0, 0.1) is 0 Å². The Morgan fingerprint density at radius 3 is 3.00 bits per heavy atom. The maximum absolute atomic E-state index is 12.8. The molecule has 6 nitrogen and oxygen atoms in total. The average Bonchev–Trinajstić information content (AvgIpc) is 2.65. The van der Waals surface area contributed by atoms with Crippen LogP contribution in [0.15, 0.2) is 6.33 Å². The molecule has 2 heterocycles.